The molecule has 2 amide bonds. The molecule has 30 heavy (non-hydrogen) atoms. The maximum atomic E-state index is 13.0. The Morgan fingerprint density at radius 3 is 2.43 bits per heavy atom. The van der Waals surface area contributed by atoms with Gasteiger partial charge in [-0.25, -0.2) is 4.79 Å². The average molecular weight is 406 g/mol. The first-order valence-corrected chi connectivity index (χ1v) is 10.0. The van der Waals surface area contributed by atoms with Crippen LogP contribution in [-0.2, 0) is 4.74 Å². The molecule has 7 nitrogen and oxygen atoms in total. The summed E-state index contributed by atoms with van der Waals surface area (Å²) in [7, 11) is 0. The lowest BCUT2D eigenvalue weighted by Crippen LogP contribution is -2.27. The molecule has 0 bridgehead atoms. The summed E-state index contributed by atoms with van der Waals surface area (Å²) in [5.41, 5.74) is 9.59. The first-order valence-electron chi connectivity index (χ1n) is 10.0. The first kappa shape index (κ1) is 19.8. The predicted molar refractivity (Wildman–Crippen MR) is 118 cm³/mol. The molecule has 3 aromatic rings. The number of nitrogens with two attached hydrogens (primary N) is 1. The lowest BCUT2D eigenvalue weighted by atomic mass is 10.0. The minimum absolute atomic E-state index is 0.111. The molecule has 0 radical (unpaired) electrons. The van der Waals surface area contributed by atoms with E-state index in [9.17, 15) is 9.59 Å². The van der Waals surface area contributed by atoms with Crippen LogP contribution in [0.2, 0.25) is 0 Å². The number of nitrogens with one attached hydrogen (secondary N) is 3. The van der Waals surface area contributed by atoms with E-state index >= 15 is 0 Å². The summed E-state index contributed by atoms with van der Waals surface area (Å²) < 4.78 is 5.28. The van der Waals surface area contributed by atoms with Crippen molar-refractivity contribution in [3.05, 3.63) is 48.0 Å². The molecule has 0 spiro atoms. The van der Waals surface area contributed by atoms with Gasteiger partial charge in [0.15, 0.2) is 0 Å². The Balaban J connectivity index is 1.65. The van der Waals surface area contributed by atoms with Gasteiger partial charge in [-0.1, -0.05) is 12.1 Å². The second-order valence-electron chi connectivity index (χ2n) is 8.63. The van der Waals surface area contributed by atoms with Crippen molar-refractivity contribution >= 4 is 34.3 Å². The summed E-state index contributed by atoms with van der Waals surface area (Å²) in [6.45, 7) is 5.44. The van der Waals surface area contributed by atoms with Gasteiger partial charge in [0.05, 0.1) is 11.3 Å². The van der Waals surface area contributed by atoms with Crippen molar-refractivity contribution in [2.24, 2.45) is 0 Å². The van der Waals surface area contributed by atoms with Crippen molar-refractivity contribution in [2.45, 2.75) is 45.3 Å². The third-order valence-corrected chi connectivity index (χ3v) is 4.78. The minimum Gasteiger partial charge on any atom is -0.444 e. The quantitative estimate of drug-likeness (QED) is 0.473. The maximum Gasteiger partial charge on any atom is 0.412 e. The van der Waals surface area contributed by atoms with Gasteiger partial charge in [-0.05, 0) is 69.5 Å². The van der Waals surface area contributed by atoms with Crippen molar-refractivity contribution in [1.29, 1.82) is 0 Å². The molecule has 1 aliphatic carbocycles. The van der Waals surface area contributed by atoms with Crippen LogP contribution in [0.3, 0.4) is 0 Å². The molecule has 156 valence electrons. The highest BCUT2D eigenvalue weighted by Gasteiger charge is 2.27. The van der Waals surface area contributed by atoms with E-state index in [1.165, 1.54) is 0 Å². The van der Waals surface area contributed by atoms with E-state index in [1.807, 2.05) is 45.0 Å². The number of benzene rings is 2. The molecule has 0 atom stereocenters. The zero-order valence-corrected chi connectivity index (χ0v) is 17.3. The predicted octanol–water partition coefficient (Wildman–Crippen LogP) is 4.66. The zero-order chi connectivity index (χ0) is 21.5. The van der Waals surface area contributed by atoms with Crippen LogP contribution < -0.4 is 16.4 Å². The SMILES string of the molecule is CC(C)(C)OC(=O)Nc1ccc(-c2[nH]c3ccc(N)cc3c2C(=O)NC2CC2)cc1. The van der Waals surface area contributed by atoms with Crippen LogP contribution in [0.25, 0.3) is 22.2 Å². The fraction of sp³-hybridized carbons (Fsp3) is 0.304. The third kappa shape index (κ3) is 4.40. The number of hydrogen-bond acceptors (Lipinski definition) is 4. The van der Waals surface area contributed by atoms with Crippen molar-refractivity contribution in [3.63, 3.8) is 0 Å². The Labute approximate surface area is 175 Å². The van der Waals surface area contributed by atoms with Crippen molar-refractivity contribution in [2.75, 3.05) is 11.1 Å². The van der Waals surface area contributed by atoms with Crippen molar-refractivity contribution in [3.8, 4) is 11.3 Å². The lowest BCUT2D eigenvalue weighted by molar-refractivity contribution is 0.0635. The number of aromatic nitrogens is 1. The summed E-state index contributed by atoms with van der Waals surface area (Å²) in [6, 6.07) is 13.0. The highest BCUT2D eigenvalue weighted by atomic mass is 16.6. The molecule has 1 aromatic heterocycles. The molecule has 7 heteroatoms. The van der Waals surface area contributed by atoms with Crippen LogP contribution in [0.5, 0.6) is 0 Å². The third-order valence-electron chi connectivity index (χ3n) is 4.78. The zero-order valence-electron chi connectivity index (χ0n) is 17.3. The van der Waals surface area contributed by atoms with Gasteiger partial charge in [0.2, 0.25) is 0 Å². The summed E-state index contributed by atoms with van der Waals surface area (Å²) in [6.07, 6.45) is 1.51. The highest BCUT2D eigenvalue weighted by Crippen LogP contribution is 2.33. The van der Waals surface area contributed by atoms with Gasteiger partial charge in [0.25, 0.3) is 5.91 Å². The number of anilines is 2. The number of nitrogen functional groups attached to an aromatic ring is 1. The smallest absolute Gasteiger partial charge is 0.412 e. The molecule has 1 fully saturated rings. The van der Waals surface area contributed by atoms with Crippen LogP contribution in [-0.4, -0.2) is 28.6 Å². The van der Waals surface area contributed by atoms with E-state index in [4.69, 9.17) is 10.5 Å². The van der Waals surface area contributed by atoms with Gasteiger partial charge >= 0.3 is 6.09 Å². The van der Waals surface area contributed by atoms with Crippen LogP contribution in [0, 0.1) is 0 Å². The number of hydrogen-bond donors (Lipinski definition) is 4. The van der Waals surface area contributed by atoms with Crippen LogP contribution >= 0.6 is 0 Å². The van der Waals surface area contributed by atoms with Crippen LogP contribution in [0.1, 0.15) is 44.0 Å². The summed E-state index contributed by atoms with van der Waals surface area (Å²) in [5.74, 6) is -0.111. The second kappa shape index (κ2) is 7.40. The summed E-state index contributed by atoms with van der Waals surface area (Å²) >= 11 is 0. The monoisotopic (exact) mass is 406 g/mol. The summed E-state index contributed by atoms with van der Waals surface area (Å²) in [4.78, 5) is 28.3. The van der Waals surface area contributed by atoms with E-state index < -0.39 is 11.7 Å². The van der Waals surface area contributed by atoms with E-state index in [2.05, 4.69) is 15.6 Å². The van der Waals surface area contributed by atoms with Crippen LogP contribution in [0.15, 0.2) is 42.5 Å². The van der Waals surface area contributed by atoms with Gasteiger partial charge < -0.3 is 20.8 Å². The Morgan fingerprint density at radius 1 is 1.10 bits per heavy atom. The molecule has 0 aliphatic heterocycles. The molecule has 5 N–H and O–H groups in total. The highest BCUT2D eigenvalue weighted by molar-refractivity contribution is 6.13. The molecular formula is C23H26N4O3. The number of aromatic amines is 1. The number of amides is 2. The van der Waals surface area contributed by atoms with Gasteiger partial charge in [-0.2, -0.15) is 0 Å². The van der Waals surface area contributed by atoms with Crippen LogP contribution in [0.4, 0.5) is 16.2 Å². The van der Waals surface area contributed by atoms with E-state index in [1.54, 1.807) is 18.2 Å². The number of H-pyrrole nitrogens is 1. The molecule has 0 unspecified atom stereocenters. The largest absolute Gasteiger partial charge is 0.444 e. The van der Waals surface area contributed by atoms with Gasteiger partial charge in [0, 0.05) is 28.3 Å². The fourth-order valence-corrected chi connectivity index (χ4v) is 3.29. The lowest BCUT2D eigenvalue weighted by Gasteiger charge is -2.19. The number of fused-ring (bicyclic) bond motifs is 1. The first-order chi connectivity index (χ1) is 14.2. The standard InChI is InChI=1S/C23H26N4O3/c1-23(2,3)30-22(29)26-16-7-4-13(5-8-16)20-19(21(28)25-15-9-10-15)17-12-14(24)6-11-18(17)27-20/h4-8,11-12,15,27H,9-10,24H2,1-3H3,(H,25,28)(H,26,29). The minimum atomic E-state index is -0.569. The van der Waals surface area contributed by atoms with Gasteiger partial charge in [-0.15, -0.1) is 0 Å². The molecule has 2 aromatic carbocycles. The topological polar surface area (TPSA) is 109 Å². The summed E-state index contributed by atoms with van der Waals surface area (Å²) in [5, 5.41) is 6.57. The number of ether oxygens (including phenoxy) is 1. The Morgan fingerprint density at radius 2 is 1.80 bits per heavy atom. The van der Waals surface area contributed by atoms with Gasteiger partial charge in [-0.3, -0.25) is 10.1 Å². The molecular weight excluding hydrogens is 380 g/mol. The maximum absolute atomic E-state index is 13.0. The number of carbonyl (C=O) groups excluding carboxylic acids is 2. The second-order valence-corrected chi connectivity index (χ2v) is 8.63. The van der Waals surface area contributed by atoms with Crippen molar-refractivity contribution < 1.29 is 14.3 Å². The van der Waals surface area contributed by atoms with Crippen molar-refractivity contribution in [1.82, 2.24) is 10.3 Å². The fourth-order valence-electron chi connectivity index (χ4n) is 3.29. The Bertz CT molecular complexity index is 1110. The normalized spacial score (nSPS) is 13.8. The number of rotatable bonds is 4. The number of carbonyl (C=O) groups is 2. The van der Waals surface area contributed by atoms with E-state index in [0.717, 1.165) is 35.0 Å². The Hall–Kier alpha value is -3.48. The van der Waals surface area contributed by atoms with E-state index in [-0.39, 0.29) is 11.9 Å². The Kier molecular flexibility index (Phi) is 4.89. The molecule has 1 heterocycles. The molecule has 0 saturated heterocycles. The molecule has 1 saturated carbocycles. The van der Waals surface area contributed by atoms with E-state index in [0.29, 0.717) is 16.9 Å². The molecule has 1 aliphatic rings. The molecule has 4 rings (SSSR count). The average Bonchev–Trinajstić information content (AvgIpc) is 3.38. The van der Waals surface area contributed by atoms with Gasteiger partial charge in [0.1, 0.15) is 5.60 Å².